The molecular formula is C12H23NO2. The van der Waals surface area contributed by atoms with Crippen LogP contribution in [0.25, 0.3) is 0 Å². The molecule has 0 aromatic carbocycles. The summed E-state index contributed by atoms with van der Waals surface area (Å²) in [5.41, 5.74) is 0. The van der Waals surface area contributed by atoms with Crippen LogP contribution in [-0.4, -0.2) is 49.5 Å². The van der Waals surface area contributed by atoms with E-state index in [0.717, 1.165) is 19.7 Å². The first-order valence-corrected chi connectivity index (χ1v) is 5.57. The van der Waals surface area contributed by atoms with Gasteiger partial charge < -0.3 is 14.7 Å². The molecule has 0 rings (SSSR count). The maximum atomic E-state index is 9.28. The zero-order valence-electron chi connectivity index (χ0n) is 10.1. The van der Waals surface area contributed by atoms with Crippen LogP contribution in [0.4, 0.5) is 0 Å². The third-order valence-electron chi connectivity index (χ3n) is 2.07. The monoisotopic (exact) mass is 213 g/mol. The molecular weight excluding hydrogens is 190 g/mol. The summed E-state index contributed by atoms with van der Waals surface area (Å²) < 4.78 is 5.40. The van der Waals surface area contributed by atoms with E-state index < -0.39 is 6.10 Å². The van der Waals surface area contributed by atoms with Crippen LogP contribution >= 0.6 is 0 Å². The summed E-state index contributed by atoms with van der Waals surface area (Å²) in [6, 6.07) is 0. The second-order valence-electron chi connectivity index (χ2n) is 3.61. The molecule has 3 heteroatoms. The highest BCUT2D eigenvalue weighted by molar-refractivity contribution is 5.01. The summed E-state index contributed by atoms with van der Waals surface area (Å²) in [5.74, 6) is 5.36. The molecule has 0 spiro atoms. The highest BCUT2D eigenvalue weighted by Gasteiger charge is 1.99. The number of rotatable bonds is 8. The van der Waals surface area contributed by atoms with Gasteiger partial charge in [0.1, 0.15) is 6.10 Å². The first-order valence-electron chi connectivity index (χ1n) is 5.57. The van der Waals surface area contributed by atoms with Crippen molar-refractivity contribution >= 4 is 0 Å². The Balaban J connectivity index is 3.26. The van der Waals surface area contributed by atoms with Gasteiger partial charge in [0.25, 0.3) is 0 Å². The highest BCUT2D eigenvalue weighted by Crippen LogP contribution is 1.92. The number of hydrogen-bond acceptors (Lipinski definition) is 3. The molecule has 15 heavy (non-hydrogen) atoms. The van der Waals surface area contributed by atoms with Gasteiger partial charge in [-0.2, -0.15) is 0 Å². The van der Waals surface area contributed by atoms with Gasteiger partial charge in [-0.1, -0.05) is 12.8 Å². The van der Waals surface area contributed by atoms with Gasteiger partial charge in [-0.05, 0) is 26.9 Å². The Morgan fingerprint density at radius 2 is 2.07 bits per heavy atom. The standard InChI is InChI=1S/C12H23NO2/c1-4-6-12(14)7-10-15-11-9-13(3)8-5-2/h12,14H,5,7-11H2,1-3H3. The summed E-state index contributed by atoms with van der Waals surface area (Å²) in [7, 11) is 2.09. The second kappa shape index (κ2) is 9.97. The number of aliphatic hydroxyl groups is 1. The van der Waals surface area contributed by atoms with Crippen LogP contribution < -0.4 is 0 Å². The summed E-state index contributed by atoms with van der Waals surface area (Å²) in [6.07, 6.45) is 1.22. The van der Waals surface area contributed by atoms with Crippen LogP contribution in [0.1, 0.15) is 26.7 Å². The average molecular weight is 213 g/mol. The molecule has 0 aliphatic rings. The number of aliphatic hydroxyl groups excluding tert-OH is 1. The highest BCUT2D eigenvalue weighted by atomic mass is 16.5. The van der Waals surface area contributed by atoms with Crippen molar-refractivity contribution < 1.29 is 9.84 Å². The first kappa shape index (κ1) is 14.4. The lowest BCUT2D eigenvalue weighted by Gasteiger charge is -2.15. The molecule has 0 bridgehead atoms. The predicted octanol–water partition coefficient (Wildman–Crippen LogP) is 1.12. The minimum absolute atomic E-state index is 0.539. The van der Waals surface area contributed by atoms with Gasteiger partial charge in [-0.25, -0.2) is 0 Å². The van der Waals surface area contributed by atoms with Crippen LogP contribution in [0.3, 0.4) is 0 Å². The van der Waals surface area contributed by atoms with E-state index >= 15 is 0 Å². The van der Waals surface area contributed by atoms with Crippen LogP contribution in [0.5, 0.6) is 0 Å². The molecule has 0 radical (unpaired) electrons. The van der Waals surface area contributed by atoms with Crippen molar-refractivity contribution in [3.8, 4) is 11.8 Å². The molecule has 0 saturated heterocycles. The van der Waals surface area contributed by atoms with Crippen molar-refractivity contribution in [2.45, 2.75) is 32.8 Å². The van der Waals surface area contributed by atoms with Crippen LogP contribution in [0, 0.1) is 11.8 Å². The summed E-state index contributed by atoms with van der Waals surface area (Å²) in [4.78, 5) is 2.24. The molecule has 1 unspecified atom stereocenters. The molecule has 0 fully saturated rings. The Labute approximate surface area is 93.4 Å². The van der Waals surface area contributed by atoms with E-state index in [9.17, 15) is 5.11 Å². The van der Waals surface area contributed by atoms with Crippen molar-refractivity contribution in [3.63, 3.8) is 0 Å². The van der Waals surface area contributed by atoms with Crippen LogP contribution in [0.2, 0.25) is 0 Å². The maximum Gasteiger partial charge on any atom is 0.116 e. The molecule has 1 atom stereocenters. The average Bonchev–Trinajstić information content (AvgIpc) is 2.18. The fraction of sp³-hybridized carbons (Fsp3) is 0.833. The zero-order valence-corrected chi connectivity index (χ0v) is 10.1. The van der Waals surface area contributed by atoms with E-state index in [4.69, 9.17) is 4.74 Å². The number of nitrogens with zero attached hydrogens (tertiary/aromatic N) is 1. The third kappa shape index (κ3) is 9.74. The van der Waals surface area contributed by atoms with Crippen LogP contribution in [-0.2, 0) is 4.74 Å². The number of hydrogen-bond donors (Lipinski definition) is 1. The molecule has 0 aromatic heterocycles. The van der Waals surface area contributed by atoms with Gasteiger partial charge in [-0.15, -0.1) is 5.92 Å². The third-order valence-corrected chi connectivity index (χ3v) is 2.07. The van der Waals surface area contributed by atoms with E-state index in [2.05, 4.69) is 30.7 Å². The summed E-state index contributed by atoms with van der Waals surface area (Å²) in [5, 5.41) is 9.28. The van der Waals surface area contributed by atoms with Gasteiger partial charge in [0.15, 0.2) is 0 Å². The maximum absolute atomic E-state index is 9.28. The van der Waals surface area contributed by atoms with Gasteiger partial charge in [0, 0.05) is 13.0 Å². The van der Waals surface area contributed by atoms with Crippen LogP contribution in [0.15, 0.2) is 0 Å². The molecule has 0 amide bonds. The number of likely N-dealkylation sites (N-methyl/N-ethyl adjacent to an activating group) is 1. The fourth-order valence-corrected chi connectivity index (χ4v) is 1.25. The second-order valence-corrected chi connectivity index (χ2v) is 3.61. The Morgan fingerprint density at radius 1 is 1.33 bits per heavy atom. The van der Waals surface area contributed by atoms with E-state index in [1.807, 2.05) is 0 Å². The topological polar surface area (TPSA) is 32.7 Å². The molecule has 1 N–H and O–H groups in total. The van der Waals surface area contributed by atoms with E-state index in [-0.39, 0.29) is 0 Å². The summed E-state index contributed by atoms with van der Waals surface area (Å²) >= 11 is 0. The van der Waals surface area contributed by atoms with E-state index in [0.29, 0.717) is 13.0 Å². The lowest BCUT2D eigenvalue weighted by Crippen LogP contribution is -2.24. The van der Waals surface area contributed by atoms with Crippen molar-refractivity contribution in [2.75, 3.05) is 33.4 Å². The molecule has 3 nitrogen and oxygen atoms in total. The van der Waals surface area contributed by atoms with E-state index in [1.165, 1.54) is 6.42 Å². The SMILES string of the molecule is CC#CC(O)CCOCCN(C)CCC. The van der Waals surface area contributed by atoms with Gasteiger partial charge >= 0.3 is 0 Å². The Bertz CT molecular complexity index is 196. The summed E-state index contributed by atoms with van der Waals surface area (Å²) in [6.45, 7) is 7.25. The van der Waals surface area contributed by atoms with Crippen molar-refractivity contribution in [1.82, 2.24) is 4.90 Å². The van der Waals surface area contributed by atoms with Gasteiger partial charge in [-0.3, -0.25) is 0 Å². The fourth-order valence-electron chi connectivity index (χ4n) is 1.25. The van der Waals surface area contributed by atoms with Gasteiger partial charge in [0.2, 0.25) is 0 Å². The van der Waals surface area contributed by atoms with E-state index in [1.54, 1.807) is 6.92 Å². The molecule has 0 saturated carbocycles. The molecule has 0 heterocycles. The molecule has 0 aromatic rings. The van der Waals surface area contributed by atoms with Crippen molar-refractivity contribution in [1.29, 1.82) is 0 Å². The quantitative estimate of drug-likeness (QED) is 0.484. The smallest absolute Gasteiger partial charge is 0.116 e. The number of ether oxygens (including phenoxy) is 1. The minimum atomic E-state index is -0.539. The zero-order chi connectivity index (χ0) is 11.5. The lowest BCUT2D eigenvalue weighted by molar-refractivity contribution is 0.0868. The minimum Gasteiger partial charge on any atom is -0.380 e. The van der Waals surface area contributed by atoms with Crippen molar-refractivity contribution in [3.05, 3.63) is 0 Å². The normalized spacial score (nSPS) is 12.3. The predicted molar refractivity (Wildman–Crippen MR) is 62.7 cm³/mol. The first-order chi connectivity index (χ1) is 7.20. The Morgan fingerprint density at radius 3 is 2.67 bits per heavy atom. The Kier molecular flexibility index (Phi) is 9.60. The molecule has 0 aliphatic heterocycles. The largest absolute Gasteiger partial charge is 0.380 e. The molecule has 88 valence electrons. The van der Waals surface area contributed by atoms with Gasteiger partial charge in [0.05, 0.1) is 13.2 Å². The van der Waals surface area contributed by atoms with Crippen molar-refractivity contribution in [2.24, 2.45) is 0 Å². The lowest BCUT2D eigenvalue weighted by atomic mass is 10.3. The Hall–Kier alpha value is -0.560. The molecule has 0 aliphatic carbocycles.